The molecular weight excluding hydrogens is 284 g/mol. The van der Waals surface area contributed by atoms with E-state index in [4.69, 9.17) is 5.11 Å². The van der Waals surface area contributed by atoms with Crippen molar-refractivity contribution >= 4 is 17.4 Å². The van der Waals surface area contributed by atoms with Gasteiger partial charge in [-0.2, -0.15) is 0 Å². The van der Waals surface area contributed by atoms with E-state index < -0.39 is 0 Å². The van der Waals surface area contributed by atoms with E-state index in [9.17, 15) is 4.79 Å². The Morgan fingerprint density at radius 2 is 1.95 bits per heavy atom. The van der Waals surface area contributed by atoms with E-state index in [2.05, 4.69) is 44.4 Å². The molecule has 1 aromatic heterocycles. The molecule has 0 aromatic carbocycles. The van der Waals surface area contributed by atoms with Crippen LogP contribution < -0.4 is 10.6 Å². The first-order valence-electron chi connectivity index (χ1n) is 7.60. The van der Waals surface area contributed by atoms with Crippen molar-refractivity contribution in [1.29, 1.82) is 0 Å². The van der Waals surface area contributed by atoms with Gasteiger partial charge in [0.1, 0.15) is 0 Å². The van der Waals surface area contributed by atoms with Crippen LogP contribution in [0.3, 0.4) is 0 Å². The summed E-state index contributed by atoms with van der Waals surface area (Å²) in [6.45, 7) is 10.6. The number of amides is 2. The predicted octanol–water partition coefficient (Wildman–Crippen LogP) is 3.52. The molecule has 0 bridgehead atoms. The van der Waals surface area contributed by atoms with Crippen LogP contribution in [0.1, 0.15) is 55.0 Å². The summed E-state index contributed by atoms with van der Waals surface area (Å²) >= 11 is 1.77. The molecule has 1 heterocycles. The Morgan fingerprint density at radius 1 is 1.29 bits per heavy atom. The monoisotopic (exact) mass is 312 g/mol. The maximum absolute atomic E-state index is 12.1. The second-order valence-electron chi connectivity index (χ2n) is 5.97. The van der Waals surface area contributed by atoms with E-state index in [1.807, 2.05) is 6.92 Å². The van der Waals surface area contributed by atoms with Crippen molar-refractivity contribution in [3.05, 3.63) is 21.4 Å². The molecule has 5 heteroatoms. The summed E-state index contributed by atoms with van der Waals surface area (Å²) < 4.78 is 0. The molecule has 0 spiro atoms. The minimum Gasteiger partial charge on any atom is -0.396 e. The molecule has 1 rings (SSSR count). The molecule has 4 nitrogen and oxygen atoms in total. The van der Waals surface area contributed by atoms with Gasteiger partial charge < -0.3 is 15.7 Å². The number of aliphatic hydroxyl groups is 1. The molecule has 0 aliphatic rings. The van der Waals surface area contributed by atoms with Gasteiger partial charge in [0.05, 0.1) is 6.04 Å². The fourth-order valence-corrected chi connectivity index (χ4v) is 3.41. The Balaban J connectivity index is 2.67. The first kappa shape index (κ1) is 18.0. The van der Waals surface area contributed by atoms with Gasteiger partial charge >= 0.3 is 6.03 Å². The summed E-state index contributed by atoms with van der Waals surface area (Å²) in [4.78, 5) is 14.7. The third kappa shape index (κ3) is 5.67. The number of hydrogen-bond acceptors (Lipinski definition) is 3. The zero-order valence-corrected chi connectivity index (χ0v) is 14.5. The first-order valence-corrected chi connectivity index (χ1v) is 8.41. The smallest absolute Gasteiger partial charge is 0.315 e. The van der Waals surface area contributed by atoms with Gasteiger partial charge in [0, 0.05) is 22.4 Å². The topological polar surface area (TPSA) is 61.4 Å². The number of thiophene rings is 1. The molecule has 0 aliphatic carbocycles. The Kier molecular flexibility index (Phi) is 7.18. The lowest BCUT2D eigenvalue weighted by Crippen LogP contribution is -2.43. The van der Waals surface area contributed by atoms with Crippen molar-refractivity contribution in [3.8, 4) is 0 Å². The normalized spacial score (nSPS) is 14.0. The van der Waals surface area contributed by atoms with Crippen LogP contribution >= 0.6 is 11.3 Å². The van der Waals surface area contributed by atoms with Crippen molar-refractivity contribution < 1.29 is 9.90 Å². The number of urea groups is 1. The lowest BCUT2D eigenvalue weighted by molar-refractivity contribution is 0.227. The van der Waals surface area contributed by atoms with Gasteiger partial charge in [0.25, 0.3) is 0 Å². The summed E-state index contributed by atoms with van der Waals surface area (Å²) in [5.41, 5.74) is 1.21. The van der Waals surface area contributed by atoms with Crippen LogP contribution in [0.25, 0.3) is 0 Å². The van der Waals surface area contributed by atoms with Crippen LogP contribution in [0, 0.1) is 19.8 Å². The molecule has 3 N–H and O–H groups in total. The van der Waals surface area contributed by atoms with Crippen LogP contribution in [0.2, 0.25) is 0 Å². The number of aryl methyl sites for hydroxylation is 2. The molecule has 2 atom stereocenters. The van der Waals surface area contributed by atoms with Crippen LogP contribution in [0.15, 0.2) is 6.07 Å². The van der Waals surface area contributed by atoms with Gasteiger partial charge in [0.15, 0.2) is 0 Å². The van der Waals surface area contributed by atoms with E-state index >= 15 is 0 Å². The quantitative estimate of drug-likeness (QED) is 0.721. The van der Waals surface area contributed by atoms with Crippen LogP contribution in [-0.4, -0.2) is 23.8 Å². The summed E-state index contributed by atoms with van der Waals surface area (Å²) in [6, 6.07) is 2.12. The van der Waals surface area contributed by atoms with Crippen LogP contribution in [0.4, 0.5) is 4.79 Å². The summed E-state index contributed by atoms with van der Waals surface area (Å²) in [5, 5.41) is 14.8. The highest BCUT2D eigenvalue weighted by atomic mass is 32.1. The average molecular weight is 312 g/mol. The predicted molar refractivity (Wildman–Crippen MR) is 88.8 cm³/mol. The van der Waals surface area contributed by atoms with Gasteiger partial charge in [-0.05, 0) is 51.2 Å². The second kappa shape index (κ2) is 8.39. The van der Waals surface area contributed by atoms with Gasteiger partial charge in [-0.25, -0.2) is 4.79 Å². The molecule has 0 aliphatic heterocycles. The molecule has 1 aromatic rings. The van der Waals surface area contributed by atoms with Crippen molar-refractivity contribution in [2.24, 2.45) is 5.92 Å². The molecule has 0 saturated heterocycles. The molecule has 0 radical (unpaired) electrons. The third-order valence-electron chi connectivity index (χ3n) is 3.54. The Labute approximate surface area is 132 Å². The molecule has 120 valence electrons. The highest BCUT2D eigenvalue weighted by molar-refractivity contribution is 7.12. The fourth-order valence-electron chi connectivity index (χ4n) is 2.44. The summed E-state index contributed by atoms with van der Waals surface area (Å²) in [6.07, 6.45) is 1.49. The average Bonchev–Trinajstić information content (AvgIpc) is 2.72. The minimum atomic E-state index is -0.137. The maximum atomic E-state index is 12.1. The van der Waals surface area contributed by atoms with Crippen molar-refractivity contribution in [2.45, 2.75) is 59.5 Å². The van der Waals surface area contributed by atoms with Gasteiger partial charge in [-0.3, -0.25) is 0 Å². The van der Waals surface area contributed by atoms with Crippen molar-refractivity contribution in [2.75, 3.05) is 6.61 Å². The van der Waals surface area contributed by atoms with E-state index in [-0.39, 0.29) is 24.7 Å². The van der Waals surface area contributed by atoms with Crippen molar-refractivity contribution in [1.82, 2.24) is 10.6 Å². The summed E-state index contributed by atoms with van der Waals surface area (Å²) in [7, 11) is 0. The molecule has 2 amide bonds. The number of carbonyl (C=O) groups excluding carboxylic acids is 1. The molecule has 0 unspecified atom stereocenters. The van der Waals surface area contributed by atoms with E-state index in [1.165, 1.54) is 15.3 Å². The lowest BCUT2D eigenvalue weighted by Gasteiger charge is -2.24. The number of hydrogen-bond donors (Lipinski definition) is 3. The zero-order chi connectivity index (χ0) is 16.0. The molecule has 0 fully saturated rings. The van der Waals surface area contributed by atoms with Crippen LogP contribution in [0.5, 0.6) is 0 Å². The Bertz CT molecular complexity index is 457. The standard InChI is InChI=1S/C16H28N2O2S/c1-10(2)15(14-9-12(4)21-13(14)5)18-16(20)17-11(3)7-6-8-19/h9-11,15,19H,6-8H2,1-5H3,(H2,17,18,20)/t11-,15+/m0/s1. The highest BCUT2D eigenvalue weighted by Crippen LogP contribution is 2.30. The van der Waals surface area contributed by atoms with E-state index in [0.717, 1.165) is 6.42 Å². The fraction of sp³-hybridized carbons (Fsp3) is 0.688. The largest absolute Gasteiger partial charge is 0.396 e. The maximum Gasteiger partial charge on any atom is 0.315 e. The SMILES string of the molecule is Cc1cc([C@H](NC(=O)N[C@@H](C)CCCO)C(C)C)c(C)s1. The molecule has 0 saturated carbocycles. The zero-order valence-electron chi connectivity index (χ0n) is 13.7. The van der Waals surface area contributed by atoms with Gasteiger partial charge in [0.2, 0.25) is 0 Å². The molecular formula is C16H28N2O2S. The Morgan fingerprint density at radius 3 is 2.43 bits per heavy atom. The first-order chi connectivity index (χ1) is 9.85. The number of aliphatic hydroxyl groups excluding tert-OH is 1. The lowest BCUT2D eigenvalue weighted by atomic mass is 9.96. The summed E-state index contributed by atoms with van der Waals surface area (Å²) in [5.74, 6) is 0.330. The van der Waals surface area contributed by atoms with Crippen LogP contribution in [-0.2, 0) is 0 Å². The highest BCUT2D eigenvalue weighted by Gasteiger charge is 2.22. The van der Waals surface area contributed by atoms with Crippen molar-refractivity contribution in [3.63, 3.8) is 0 Å². The second-order valence-corrected chi connectivity index (χ2v) is 7.44. The van der Waals surface area contributed by atoms with Gasteiger partial charge in [-0.15, -0.1) is 11.3 Å². The Hall–Kier alpha value is -1.07. The third-order valence-corrected chi connectivity index (χ3v) is 4.52. The molecule has 21 heavy (non-hydrogen) atoms. The van der Waals surface area contributed by atoms with E-state index in [0.29, 0.717) is 12.3 Å². The number of carbonyl (C=O) groups is 1. The van der Waals surface area contributed by atoms with E-state index in [1.54, 1.807) is 11.3 Å². The van der Waals surface area contributed by atoms with Gasteiger partial charge in [-0.1, -0.05) is 13.8 Å². The number of nitrogens with one attached hydrogen (secondary N) is 2. The number of rotatable bonds is 7. The minimum absolute atomic E-state index is 0.0278.